The number of halogens is 2. The maximum absolute atomic E-state index is 12.7. The van der Waals surface area contributed by atoms with Gasteiger partial charge in [0.2, 0.25) is 5.91 Å². The summed E-state index contributed by atoms with van der Waals surface area (Å²) in [6.07, 6.45) is 6.67. The molecule has 2 aliphatic rings. The summed E-state index contributed by atoms with van der Waals surface area (Å²) in [5.74, 6) is 0.392. The number of thiazole rings is 1. The fourth-order valence-electron chi connectivity index (χ4n) is 3.88. The smallest absolute Gasteiger partial charge is 0.227 e. The fraction of sp³-hybridized carbons (Fsp3) is 0.556. The third kappa shape index (κ3) is 3.94. The van der Waals surface area contributed by atoms with Crippen molar-refractivity contribution >= 4 is 52.6 Å². The Kier molecular flexibility index (Phi) is 6.62. The molecule has 4 nitrogen and oxygen atoms in total. The van der Waals surface area contributed by atoms with Crippen LogP contribution < -0.4 is 0 Å². The van der Waals surface area contributed by atoms with Gasteiger partial charge in [0.1, 0.15) is 5.01 Å². The van der Waals surface area contributed by atoms with Crippen LogP contribution in [0, 0.1) is 5.92 Å². The molecule has 0 aliphatic carbocycles. The summed E-state index contributed by atoms with van der Waals surface area (Å²) in [6, 6.07) is 2.05. The van der Waals surface area contributed by atoms with Crippen LogP contribution in [-0.4, -0.2) is 47.4 Å². The molecule has 0 N–H and O–H groups in total. The van der Waals surface area contributed by atoms with E-state index in [-0.39, 0.29) is 30.3 Å². The number of rotatable bonds is 4. The number of aromatic nitrogens is 1. The summed E-state index contributed by atoms with van der Waals surface area (Å²) in [5.41, 5.74) is 0. The quantitative estimate of drug-likeness (QED) is 0.686. The number of likely N-dealkylation sites (tertiary alicyclic amines) is 2. The highest BCUT2D eigenvalue weighted by Gasteiger charge is 2.39. The van der Waals surface area contributed by atoms with Gasteiger partial charge in [0.15, 0.2) is 0 Å². The van der Waals surface area contributed by atoms with Crippen molar-refractivity contribution in [3.63, 3.8) is 0 Å². The molecule has 1 amide bonds. The van der Waals surface area contributed by atoms with E-state index in [4.69, 9.17) is 11.6 Å². The van der Waals surface area contributed by atoms with Crippen LogP contribution in [0.25, 0.3) is 9.88 Å². The molecule has 0 radical (unpaired) electrons. The van der Waals surface area contributed by atoms with Crippen LogP contribution in [0.15, 0.2) is 17.6 Å². The van der Waals surface area contributed by atoms with Crippen molar-refractivity contribution in [1.82, 2.24) is 14.8 Å². The predicted octanol–water partition coefficient (Wildman–Crippen LogP) is 4.95. The van der Waals surface area contributed by atoms with Gasteiger partial charge in [-0.1, -0.05) is 18.0 Å². The normalized spacial score (nSPS) is 24.1. The molecule has 4 heterocycles. The number of piperidine rings is 1. The molecular formula is C18H23Cl2N3OS2. The summed E-state index contributed by atoms with van der Waals surface area (Å²) >= 11 is 9.51. The number of nitrogens with zero attached hydrogens (tertiary/aromatic N) is 3. The molecule has 0 spiro atoms. The van der Waals surface area contributed by atoms with Gasteiger partial charge in [-0.15, -0.1) is 35.1 Å². The Balaban J connectivity index is 0.00000196. The molecule has 2 unspecified atom stereocenters. The number of carbonyl (C=O) groups excluding carboxylic acids is 1. The lowest BCUT2D eigenvalue weighted by Gasteiger charge is -2.28. The van der Waals surface area contributed by atoms with Crippen LogP contribution in [-0.2, 0) is 4.79 Å². The first kappa shape index (κ1) is 20.1. The largest absolute Gasteiger partial charge is 0.338 e. The molecule has 2 aromatic heterocycles. The number of amides is 1. The highest BCUT2D eigenvalue weighted by molar-refractivity contribution is 7.21. The third-order valence-electron chi connectivity index (χ3n) is 5.26. The summed E-state index contributed by atoms with van der Waals surface area (Å²) < 4.78 is 0. The van der Waals surface area contributed by atoms with E-state index in [1.165, 1.54) is 19.3 Å². The second kappa shape index (κ2) is 8.57. The number of thiophene rings is 1. The minimum absolute atomic E-state index is 0. The molecule has 4 rings (SSSR count). The van der Waals surface area contributed by atoms with Gasteiger partial charge in [-0.05, 0) is 43.8 Å². The van der Waals surface area contributed by atoms with Gasteiger partial charge in [-0.3, -0.25) is 4.79 Å². The molecule has 26 heavy (non-hydrogen) atoms. The minimum atomic E-state index is 0. The first-order chi connectivity index (χ1) is 12.1. The molecular weight excluding hydrogens is 409 g/mol. The lowest BCUT2D eigenvalue weighted by Crippen LogP contribution is -2.36. The Morgan fingerprint density at radius 1 is 1.31 bits per heavy atom. The molecule has 0 saturated carbocycles. The molecule has 2 aliphatic heterocycles. The average Bonchev–Trinajstić information content (AvgIpc) is 3.32. The Morgan fingerprint density at radius 2 is 2.08 bits per heavy atom. The second-order valence-corrected chi connectivity index (χ2v) is 9.31. The summed E-state index contributed by atoms with van der Waals surface area (Å²) in [6.45, 7) is 3.18. The molecule has 2 atom stereocenters. The Bertz CT molecular complexity index is 757. The standard InChI is InChI=1S/C18H22ClN3OS2.ClH/c1-21-14(9-12(18(21)23)11-22-6-3-2-4-7-22)15-10-20-17(25-15)16-13(19)5-8-24-16;/h5,8,10,12,14H,2-4,6-7,9,11H2,1H3;1H. The number of hydrogen-bond donors (Lipinski definition) is 0. The van der Waals surface area contributed by atoms with Crippen molar-refractivity contribution in [2.45, 2.75) is 31.7 Å². The molecule has 2 saturated heterocycles. The van der Waals surface area contributed by atoms with Gasteiger partial charge in [0.05, 0.1) is 21.9 Å². The van der Waals surface area contributed by atoms with E-state index in [9.17, 15) is 4.79 Å². The number of carbonyl (C=O) groups is 1. The molecule has 142 valence electrons. The van der Waals surface area contributed by atoms with Crippen LogP contribution in [0.4, 0.5) is 0 Å². The summed E-state index contributed by atoms with van der Waals surface area (Å²) in [4.78, 5) is 23.8. The van der Waals surface area contributed by atoms with Crippen molar-refractivity contribution in [1.29, 1.82) is 0 Å². The SMILES string of the molecule is CN1C(=O)C(CN2CCCCC2)CC1c1cnc(-c2sccc2Cl)s1.Cl. The molecule has 8 heteroatoms. The topological polar surface area (TPSA) is 36.4 Å². The first-order valence-electron chi connectivity index (χ1n) is 8.81. The zero-order valence-electron chi connectivity index (χ0n) is 14.7. The van der Waals surface area contributed by atoms with Gasteiger partial charge >= 0.3 is 0 Å². The lowest BCUT2D eigenvalue weighted by molar-refractivity contribution is -0.131. The van der Waals surface area contributed by atoms with Crippen LogP contribution in [0.3, 0.4) is 0 Å². The van der Waals surface area contributed by atoms with Crippen molar-refractivity contribution in [2.75, 3.05) is 26.7 Å². The summed E-state index contributed by atoms with van der Waals surface area (Å²) in [5, 5.41) is 3.69. The van der Waals surface area contributed by atoms with Gasteiger partial charge < -0.3 is 9.80 Å². The van der Waals surface area contributed by atoms with E-state index < -0.39 is 0 Å². The molecule has 2 aromatic rings. The van der Waals surface area contributed by atoms with Crippen molar-refractivity contribution in [3.05, 3.63) is 27.5 Å². The van der Waals surface area contributed by atoms with Gasteiger partial charge in [-0.2, -0.15) is 0 Å². The Labute approximate surface area is 173 Å². The highest BCUT2D eigenvalue weighted by atomic mass is 35.5. The van der Waals surface area contributed by atoms with E-state index in [0.29, 0.717) is 0 Å². The van der Waals surface area contributed by atoms with E-state index >= 15 is 0 Å². The van der Waals surface area contributed by atoms with E-state index in [2.05, 4.69) is 9.88 Å². The van der Waals surface area contributed by atoms with Crippen LogP contribution in [0.1, 0.15) is 36.6 Å². The fourth-order valence-corrected chi connectivity index (χ4v) is 6.26. The monoisotopic (exact) mass is 431 g/mol. The second-order valence-electron chi connectivity index (χ2n) is 6.92. The van der Waals surface area contributed by atoms with Gasteiger partial charge in [0, 0.05) is 24.7 Å². The lowest BCUT2D eigenvalue weighted by atomic mass is 10.0. The van der Waals surface area contributed by atoms with Crippen molar-refractivity contribution < 1.29 is 4.79 Å². The van der Waals surface area contributed by atoms with Crippen LogP contribution in [0.2, 0.25) is 5.02 Å². The molecule has 0 aromatic carbocycles. The molecule has 2 fully saturated rings. The van der Waals surface area contributed by atoms with Crippen LogP contribution >= 0.6 is 46.7 Å². The average molecular weight is 432 g/mol. The maximum atomic E-state index is 12.7. The summed E-state index contributed by atoms with van der Waals surface area (Å²) in [7, 11) is 1.93. The van der Waals surface area contributed by atoms with Gasteiger partial charge in [-0.25, -0.2) is 4.98 Å². The Morgan fingerprint density at radius 3 is 2.77 bits per heavy atom. The first-order valence-corrected chi connectivity index (χ1v) is 10.9. The predicted molar refractivity (Wildman–Crippen MR) is 112 cm³/mol. The zero-order valence-corrected chi connectivity index (χ0v) is 17.9. The Hall–Kier alpha value is -0.660. The van der Waals surface area contributed by atoms with Gasteiger partial charge in [0.25, 0.3) is 0 Å². The van der Waals surface area contributed by atoms with E-state index in [1.54, 1.807) is 22.7 Å². The number of hydrogen-bond acceptors (Lipinski definition) is 5. The highest BCUT2D eigenvalue weighted by Crippen LogP contribution is 2.42. The molecule has 0 bridgehead atoms. The van der Waals surface area contributed by atoms with Crippen molar-refractivity contribution in [2.24, 2.45) is 5.92 Å². The van der Waals surface area contributed by atoms with E-state index in [1.807, 2.05) is 29.6 Å². The zero-order chi connectivity index (χ0) is 17.4. The third-order valence-corrected chi connectivity index (χ3v) is 7.86. The maximum Gasteiger partial charge on any atom is 0.227 e. The van der Waals surface area contributed by atoms with Crippen LogP contribution in [0.5, 0.6) is 0 Å². The minimum Gasteiger partial charge on any atom is -0.338 e. The van der Waals surface area contributed by atoms with E-state index in [0.717, 1.165) is 45.8 Å². The van der Waals surface area contributed by atoms with Crippen molar-refractivity contribution in [3.8, 4) is 9.88 Å².